The van der Waals surface area contributed by atoms with Crippen LogP contribution in [0.5, 0.6) is 0 Å². The number of aromatic nitrogens is 2. The molecule has 3 heterocycles. The van der Waals surface area contributed by atoms with Crippen LogP contribution in [0.4, 0.5) is 0 Å². The van der Waals surface area contributed by atoms with Crippen LogP contribution >= 0.6 is 0 Å². The SMILES string of the molecule is O=S(=O)(c1ccc(S(=O)(=O)N2CCC(c3nc4ccccc4[nH]3)CC2)cc1)N1CCCCCC1. The van der Waals surface area contributed by atoms with Crippen LogP contribution in [0.2, 0.25) is 0 Å². The van der Waals surface area contributed by atoms with Crippen molar-refractivity contribution in [3.63, 3.8) is 0 Å². The van der Waals surface area contributed by atoms with Gasteiger partial charge in [0.15, 0.2) is 0 Å². The minimum absolute atomic E-state index is 0.129. The lowest BCUT2D eigenvalue weighted by Gasteiger charge is -2.30. The van der Waals surface area contributed by atoms with Crippen LogP contribution in [0, 0.1) is 0 Å². The molecule has 34 heavy (non-hydrogen) atoms. The average molecular weight is 503 g/mol. The summed E-state index contributed by atoms with van der Waals surface area (Å²) in [5, 5.41) is 0. The molecule has 2 aliphatic rings. The molecule has 5 rings (SSSR count). The summed E-state index contributed by atoms with van der Waals surface area (Å²) in [5.41, 5.74) is 1.91. The summed E-state index contributed by atoms with van der Waals surface area (Å²) in [6.45, 7) is 1.83. The molecular formula is C24H30N4O4S2. The lowest BCUT2D eigenvalue weighted by atomic mass is 9.97. The highest BCUT2D eigenvalue weighted by atomic mass is 32.2. The van der Waals surface area contributed by atoms with Gasteiger partial charge in [0, 0.05) is 32.1 Å². The highest BCUT2D eigenvalue weighted by Crippen LogP contribution is 2.31. The van der Waals surface area contributed by atoms with Crippen molar-refractivity contribution < 1.29 is 16.8 Å². The number of para-hydroxylation sites is 2. The third kappa shape index (κ3) is 4.51. The van der Waals surface area contributed by atoms with Gasteiger partial charge in [0.1, 0.15) is 5.82 Å². The van der Waals surface area contributed by atoms with E-state index in [2.05, 4.69) is 9.97 Å². The van der Waals surface area contributed by atoms with Gasteiger partial charge in [-0.3, -0.25) is 0 Å². The molecule has 2 aliphatic heterocycles. The van der Waals surface area contributed by atoms with Crippen LogP contribution in [0.1, 0.15) is 50.3 Å². The first-order chi connectivity index (χ1) is 16.4. The van der Waals surface area contributed by atoms with Gasteiger partial charge in [-0.2, -0.15) is 8.61 Å². The van der Waals surface area contributed by atoms with Crippen LogP contribution in [-0.2, 0) is 20.0 Å². The summed E-state index contributed by atoms with van der Waals surface area (Å²) in [6, 6.07) is 13.6. The van der Waals surface area contributed by atoms with Gasteiger partial charge in [-0.15, -0.1) is 0 Å². The average Bonchev–Trinajstić information content (AvgIpc) is 3.09. The van der Waals surface area contributed by atoms with Crippen LogP contribution in [0.15, 0.2) is 58.3 Å². The molecule has 0 aliphatic carbocycles. The Morgan fingerprint density at radius 1 is 0.706 bits per heavy atom. The van der Waals surface area contributed by atoms with E-state index in [4.69, 9.17) is 0 Å². The first-order valence-corrected chi connectivity index (χ1v) is 14.8. The maximum atomic E-state index is 13.2. The summed E-state index contributed by atoms with van der Waals surface area (Å²) in [4.78, 5) is 8.32. The van der Waals surface area contributed by atoms with Crippen LogP contribution in [0.3, 0.4) is 0 Å². The number of imidazole rings is 1. The van der Waals surface area contributed by atoms with E-state index in [1.54, 1.807) is 0 Å². The summed E-state index contributed by atoms with van der Waals surface area (Å²) in [6.07, 6.45) is 5.15. The number of rotatable bonds is 5. The predicted molar refractivity (Wildman–Crippen MR) is 130 cm³/mol. The lowest BCUT2D eigenvalue weighted by Crippen LogP contribution is -2.38. The van der Waals surface area contributed by atoms with E-state index >= 15 is 0 Å². The largest absolute Gasteiger partial charge is 0.342 e. The Morgan fingerprint density at radius 3 is 1.79 bits per heavy atom. The fraction of sp³-hybridized carbons (Fsp3) is 0.458. The Kier molecular flexibility index (Phi) is 6.49. The minimum Gasteiger partial charge on any atom is -0.342 e. The fourth-order valence-corrected chi connectivity index (χ4v) is 7.89. The smallest absolute Gasteiger partial charge is 0.243 e. The topological polar surface area (TPSA) is 103 Å². The Morgan fingerprint density at radius 2 is 1.24 bits per heavy atom. The van der Waals surface area contributed by atoms with Crippen LogP contribution < -0.4 is 0 Å². The second-order valence-corrected chi connectivity index (χ2v) is 13.0. The van der Waals surface area contributed by atoms with Gasteiger partial charge < -0.3 is 4.98 Å². The van der Waals surface area contributed by atoms with Crippen molar-refractivity contribution in [3.05, 3.63) is 54.4 Å². The van der Waals surface area contributed by atoms with Crippen molar-refractivity contribution >= 4 is 31.1 Å². The summed E-state index contributed by atoms with van der Waals surface area (Å²) in [5.74, 6) is 1.08. The van der Waals surface area contributed by atoms with Gasteiger partial charge in [-0.25, -0.2) is 21.8 Å². The number of H-pyrrole nitrogens is 1. The van der Waals surface area contributed by atoms with Gasteiger partial charge >= 0.3 is 0 Å². The van der Waals surface area contributed by atoms with Gasteiger partial charge in [-0.05, 0) is 62.1 Å². The number of hydrogen-bond acceptors (Lipinski definition) is 5. The normalized spacial score (nSPS) is 19.9. The molecule has 3 aromatic rings. The van der Waals surface area contributed by atoms with Gasteiger partial charge in [0.25, 0.3) is 0 Å². The van der Waals surface area contributed by atoms with Crippen LogP contribution in [0.25, 0.3) is 11.0 Å². The van der Waals surface area contributed by atoms with E-state index < -0.39 is 20.0 Å². The maximum absolute atomic E-state index is 13.2. The molecule has 2 saturated heterocycles. The van der Waals surface area contributed by atoms with Gasteiger partial charge in [0.05, 0.1) is 20.8 Å². The van der Waals surface area contributed by atoms with Crippen molar-refractivity contribution in [3.8, 4) is 0 Å². The van der Waals surface area contributed by atoms with Crippen molar-refractivity contribution in [1.82, 2.24) is 18.6 Å². The number of nitrogens with one attached hydrogen (secondary N) is 1. The zero-order valence-corrected chi connectivity index (χ0v) is 20.7. The Bertz CT molecular complexity index is 1320. The molecule has 182 valence electrons. The quantitative estimate of drug-likeness (QED) is 0.573. The zero-order chi connectivity index (χ0) is 23.8. The van der Waals surface area contributed by atoms with Crippen molar-refractivity contribution in [2.24, 2.45) is 0 Å². The highest BCUT2D eigenvalue weighted by molar-refractivity contribution is 7.89. The number of hydrogen-bond donors (Lipinski definition) is 1. The monoisotopic (exact) mass is 502 g/mol. The third-order valence-corrected chi connectivity index (χ3v) is 10.7. The number of aromatic amines is 1. The molecule has 2 aromatic carbocycles. The summed E-state index contributed by atoms with van der Waals surface area (Å²) in [7, 11) is -7.30. The van der Waals surface area contributed by atoms with Gasteiger partial charge in [-0.1, -0.05) is 25.0 Å². The molecular weight excluding hydrogens is 472 g/mol. The molecule has 1 aromatic heterocycles. The van der Waals surface area contributed by atoms with E-state index in [9.17, 15) is 16.8 Å². The number of fused-ring (bicyclic) bond motifs is 1. The Labute approximate surface area is 201 Å². The summed E-state index contributed by atoms with van der Waals surface area (Å²) < 4.78 is 55.4. The highest BCUT2D eigenvalue weighted by Gasteiger charge is 2.32. The molecule has 2 fully saturated rings. The molecule has 0 atom stereocenters. The minimum atomic E-state index is -3.69. The van der Waals surface area contributed by atoms with Gasteiger partial charge in [0.2, 0.25) is 20.0 Å². The summed E-state index contributed by atoms with van der Waals surface area (Å²) >= 11 is 0. The fourth-order valence-electron chi connectivity index (χ4n) is 4.90. The van der Waals surface area contributed by atoms with Crippen molar-refractivity contribution in [1.29, 1.82) is 0 Å². The van der Waals surface area contributed by atoms with E-state index in [-0.39, 0.29) is 15.7 Å². The Balaban J connectivity index is 1.27. The predicted octanol–water partition coefficient (Wildman–Crippen LogP) is 3.70. The molecule has 0 saturated carbocycles. The second kappa shape index (κ2) is 9.41. The molecule has 10 heteroatoms. The molecule has 1 N–H and O–H groups in total. The lowest BCUT2D eigenvalue weighted by molar-refractivity contribution is 0.314. The van der Waals surface area contributed by atoms with E-state index in [1.807, 2.05) is 24.3 Å². The number of benzene rings is 2. The van der Waals surface area contributed by atoms with Crippen LogP contribution in [-0.4, -0.2) is 61.6 Å². The maximum Gasteiger partial charge on any atom is 0.243 e. The van der Waals surface area contributed by atoms with Crippen molar-refractivity contribution in [2.45, 2.75) is 54.2 Å². The molecule has 0 spiro atoms. The first-order valence-electron chi connectivity index (χ1n) is 11.9. The molecule has 8 nitrogen and oxygen atoms in total. The molecule has 0 amide bonds. The van der Waals surface area contributed by atoms with E-state index in [1.165, 1.54) is 32.9 Å². The number of nitrogens with zero attached hydrogens (tertiary/aromatic N) is 3. The van der Waals surface area contributed by atoms with Crippen molar-refractivity contribution in [2.75, 3.05) is 26.2 Å². The number of piperidine rings is 1. The Hall–Kier alpha value is -2.27. The second-order valence-electron chi connectivity index (χ2n) is 9.11. The first kappa shape index (κ1) is 23.5. The van der Waals surface area contributed by atoms with E-state index in [0.717, 1.165) is 42.5 Å². The number of sulfonamides is 2. The molecule has 0 bridgehead atoms. The zero-order valence-electron chi connectivity index (χ0n) is 19.1. The molecule has 0 radical (unpaired) electrons. The third-order valence-electron chi connectivity index (χ3n) is 6.91. The standard InChI is InChI=1S/C24H30N4O4S2/c29-33(30,27-15-5-1-2-6-16-27)20-9-11-21(12-10-20)34(31,32)28-17-13-19(14-18-28)24-25-22-7-3-4-8-23(22)26-24/h3-4,7-12,19H,1-2,5-6,13-18H2,(H,25,26). The molecule has 0 unspecified atom stereocenters. The van der Waals surface area contributed by atoms with E-state index in [0.29, 0.717) is 39.0 Å².